The van der Waals surface area contributed by atoms with E-state index in [9.17, 15) is 24.7 Å². The van der Waals surface area contributed by atoms with Gasteiger partial charge in [0, 0.05) is 18.2 Å². The van der Waals surface area contributed by atoms with Crippen LogP contribution in [0.2, 0.25) is 0 Å². The summed E-state index contributed by atoms with van der Waals surface area (Å²) in [7, 11) is 0. The maximum Gasteiger partial charge on any atom is 0.330 e. The van der Waals surface area contributed by atoms with E-state index in [0.29, 0.717) is 11.4 Å². The van der Waals surface area contributed by atoms with E-state index in [2.05, 4.69) is 10.1 Å². The fourth-order valence-corrected chi connectivity index (χ4v) is 5.26. The van der Waals surface area contributed by atoms with E-state index in [1.165, 1.54) is 6.92 Å². The predicted molar refractivity (Wildman–Crippen MR) is 143 cm³/mol. The van der Waals surface area contributed by atoms with Crippen molar-refractivity contribution in [1.29, 1.82) is 0 Å². The molecule has 1 aliphatic heterocycles. The van der Waals surface area contributed by atoms with Crippen LogP contribution in [0.5, 0.6) is 5.75 Å². The molecule has 210 valence electrons. The second kappa shape index (κ2) is 12.1. The molecule has 0 radical (unpaired) electrons. The van der Waals surface area contributed by atoms with Gasteiger partial charge in [-0.3, -0.25) is 14.3 Å². The van der Waals surface area contributed by atoms with E-state index < -0.39 is 48.5 Å². The number of H-pyrrole nitrogens is 1. The summed E-state index contributed by atoms with van der Waals surface area (Å²) in [6.45, 7) is 4.46. The first-order chi connectivity index (χ1) is 17.7. The fraction of sp³-hybridized carbons (Fsp3) is 0.500. The van der Waals surface area contributed by atoms with Crippen LogP contribution in [0.15, 0.2) is 63.8 Å². The van der Waals surface area contributed by atoms with Crippen molar-refractivity contribution in [2.75, 3.05) is 6.61 Å². The summed E-state index contributed by atoms with van der Waals surface area (Å²) in [6, 6.07) is 10.0. The Bertz CT molecular complexity index is 1290. The average Bonchev–Trinajstić information content (AvgIpc) is 3.04. The summed E-state index contributed by atoms with van der Waals surface area (Å²) < 4.78 is 24.1. The molecule has 1 fully saturated rings. The second-order valence-electron chi connectivity index (χ2n) is 9.58. The number of hydrogen-bond donors (Lipinski definition) is 5. The van der Waals surface area contributed by atoms with E-state index in [-0.39, 0.29) is 18.0 Å². The molecular weight excluding hydrogens is 537 g/mol. The minimum absolute atomic E-state index is 0.116. The number of ether oxygens (including phenoxy) is 3. The Morgan fingerprint density at radius 1 is 1.24 bits per heavy atom. The van der Waals surface area contributed by atoms with Crippen LogP contribution in [0.25, 0.3) is 0 Å². The van der Waals surface area contributed by atoms with Gasteiger partial charge in [0.05, 0.1) is 12.7 Å². The van der Waals surface area contributed by atoms with Gasteiger partial charge in [-0.15, -0.1) is 0 Å². The molecule has 3 rings (SSSR count). The van der Waals surface area contributed by atoms with Gasteiger partial charge in [0.15, 0.2) is 6.23 Å². The Labute approximate surface area is 225 Å². The first-order valence-electron chi connectivity index (χ1n) is 12.0. The van der Waals surface area contributed by atoms with Crippen molar-refractivity contribution in [3.8, 4) is 5.75 Å². The number of allylic oxidation sites excluding steroid dienone is 1. The molecule has 0 amide bonds. The Balaban J connectivity index is 1.79. The highest BCUT2D eigenvalue weighted by Crippen LogP contribution is 2.44. The highest BCUT2D eigenvalue weighted by Gasteiger charge is 2.53. The number of aromatic amines is 1. The number of aliphatic hydroxyl groups is 2. The van der Waals surface area contributed by atoms with E-state index in [4.69, 9.17) is 30.5 Å². The van der Waals surface area contributed by atoms with Gasteiger partial charge in [0.25, 0.3) is 12.2 Å². The molecule has 1 aromatic heterocycles. The van der Waals surface area contributed by atoms with Crippen LogP contribution in [0, 0.1) is 5.92 Å². The maximum absolute atomic E-state index is 12.2. The highest BCUT2D eigenvalue weighted by molar-refractivity contribution is 8.08. The smallest absolute Gasteiger partial charge is 0.330 e. The number of aliphatic hydroxyl groups excluding tert-OH is 1. The molecule has 12 nitrogen and oxygen atoms in total. The molecule has 1 aliphatic rings. The van der Waals surface area contributed by atoms with Gasteiger partial charge in [-0.25, -0.2) is 4.79 Å². The molecule has 0 saturated carbocycles. The zero-order chi connectivity index (χ0) is 28.3. The summed E-state index contributed by atoms with van der Waals surface area (Å²) in [6.07, 6.45) is -3.11. The highest BCUT2D eigenvalue weighted by atomic mass is 32.5. The lowest BCUT2D eigenvalue weighted by molar-refractivity contribution is -0.0984. The average molecular weight is 572 g/mol. The molecule has 2 heterocycles. The van der Waals surface area contributed by atoms with Crippen molar-refractivity contribution in [3.63, 3.8) is 0 Å². The van der Waals surface area contributed by atoms with Crippen LogP contribution in [0.4, 0.5) is 0 Å². The summed E-state index contributed by atoms with van der Waals surface area (Å²) in [4.78, 5) is 36.7. The quantitative estimate of drug-likeness (QED) is 0.197. The van der Waals surface area contributed by atoms with Gasteiger partial charge in [0.1, 0.15) is 29.3 Å². The molecule has 14 heteroatoms. The summed E-state index contributed by atoms with van der Waals surface area (Å²) >= 11 is 5.32. The van der Waals surface area contributed by atoms with E-state index in [0.717, 1.165) is 16.8 Å². The summed E-state index contributed by atoms with van der Waals surface area (Å²) in [5.74, 6) is 0.408. The van der Waals surface area contributed by atoms with Crippen molar-refractivity contribution >= 4 is 18.4 Å². The molecule has 1 aromatic carbocycles. The molecular formula is C24H34N3O9PS. The number of nitrogens with one attached hydrogen (secondary N) is 2. The molecule has 5 N–H and O–H groups in total. The lowest BCUT2D eigenvalue weighted by Gasteiger charge is -2.27. The third-order valence-electron chi connectivity index (χ3n) is 5.63. The Kier molecular flexibility index (Phi) is 9.58. The van der Waals surface area contributed by atoms with Crippen molar-refractivity contribution in [1.82, 2.24) is 14.6 Å². The zero-order valence-corrected chi connectivity index (χ0v) is 23.4. The van der Waals surface area contributed by atoms with Gasteiger partial charge < -0.3 is 38.9 Å². The van der Waals surface area contributed by atoms with Gasteiger partial charge in [-0.1, -0.05) is 32.0 Å². The molecule has 5 atom stereocenters. The van der Waals surface area contributed by atoms with Gasteiger partial charge in [0.2, 0.25) is 0 Å². The van der Waals surface area contributed by atoms with Crippen LogP contribution in [0.3, 0.4) is 0 Å². The molecule has 0 bridgehead atoms. The standard InChI is InChI=1S/C24H34N3O9PS/c1-14(2)19(21(34-15(3)4)35-16-9-7-6-8-10-16)26-37(32,38)33-13-17-20(29)24(5,31)22(36-17)27-12-11-18(28)25-23(27)30/h6-12,14-15,17,20,22,29,31H,13H2,1-5H3,(H,25,28,30)(H2,26,32,38)/t17-,20-,22-,24-,37+/m1/s1. The maximum atomic E-state index is 12.2. The first kappa shape index (κ1) is 30.0. The third-order valence-corrected chi connectivity index (χ3v) is 7.24. The van der Waals surface area contributed by atoms with Crippen molar-refractivity contribution < 1.29 is 33.8 Å². The SMILES string of the molecule is CC(C)OC(Oc1ccccc1)=C(N[P@@](O)(=S)OC[C@H]1O[C@@H](n2ccc(=O)[nH]c2=O)[C@](C)(O)[C@@H]1O)C(C)C. The molecule has 0 unspecified atom stereocenters. The minimum atomic E-state index is -3.76. The minimum Gasteiger partial charge on any atom is -0.461 e. The van der Waals surface area contributed by atoms with E-state index in [1.807, 2.05) is 33.8 Å². The Morgan fingerprint density at radius 3 is 2.47 bits per heavy atom. The van der Waals surface area contributed by atoms with Crippen LogP contribution in [-0.2, 0) is 25.8 Å². The second-order valence-corrected chi connectivity index (χ2v) is 12.6. The van der Waals surface area contributed by atoms with Crippen molar-refractivity contribution in [2.24, 2.45) is 5.92 Å². The normalized spacial score (nSPS) is 25.7. The molecule has 38 heavy (non-hydrogen) atoms. The number of hydrogen-bond acceptors (Lipinski definition) is 9. The monoisotopic (exact) mass is 571 g/mol. The van der Waals surface area contributed by atoms with Gasteiger partial charge in [-0.2, -0.15) is 0 Å². The number of benzene rings is 1. The van der Waals surface area contributed by atoms with Crippen LogP contribution >= 0.6 is 6.64 Å². The summed E-state index contributed by atoms with van der Waals surface area (Å²) in [5, 5.41) is 24.4. The zero-order valence-electron chi connectivity index (χ0n) is 21.7. The third kappa shape index (κ3) is 7.32. The molecule has 0 spiro atoms. The van der Waals surface area contributed by atoms with Gasteiger partial charge in [-0.05, 0) is 44.7 Å². The van der Waals surface area contributed by atoms with Crippen molar-refractivity contribution in [2.45, 2.75) is 64.8 Å². The number of rotatable bonds is 11. The predicted octanol–water partition coefficient (Wildman–Crippen LogP) is 1.70. The van der Waals surface area contributed by atoms with E-state index in [1.54, 1.807) is 24.3 Å². The first-order valence-corrected chi connectivity index (χ1v) is 14.6. The van der Waals surface area contributed by atoms with Crippen LogP contribution in [0.1, 0.15) is 40.8 Å². The van der Waals surface area contributed by atoms with Gasteiger partial charge >= 0.3 is 11.6 Å². The fourth-order valence-electron chi connectivity index (χ4n) is 3.71. The van der Waals surface area contributed by atoms with E-state index >= 15 is 0 Å². The topological polar surface area (TPSA) is 164 Å². The lowest BCUT2D eigenvalue weighted by atomic mass is 9.96. The molecule has 1 saturated heterocycles. The molecule has 2 aromatic rings. The van der Waals surface area contributed by atoms with Crippen LogP contribution < -0.4 is 21.1 Å². The molecule has 0 aliphatic carbocycles. The number of aromatic nitrogens is 2. The Hall–Kier alpha value is -2.51. The largest absolute Gasteiger partial charge is 0.461 e. The lowest BCUT2D eigenvalue weighted by Crippen LogP contribution is -2.46. The van der Waals surface area contributed by atoms with Crippen molar-refractivity contribution in [3.05, 3.63) is 75.1 Å². The Morgan fingerprint density at radius 2 is 1.89 bits per heavy atom. The number of para-hydroxylation sites is 1. The summed E-state index contributed by atoms with van der Waals surface area (Å²) in [5.41, 5.74) is -3.01. The van der Waals surface area contributed by atoms with Crippen LogP contribution in [-0.4, -0.2) is 55.2 Å². The number of nitrogens with zero attached hydrogens (tertiary/aromatic N) is 1.